The van der Waals surface area contributed by atoms with E-state index < -0.39 is 6.10 Å². The van der Waals surface area contributed by atoms with E-state index in [2.05, 4.69) is 4.90 Å². The number of piperidine rings is 1. The van der Waals surface area contributed by atoms with Gasteiger partial charge in [-0.25, -0.2) is 0 Å². The van der Waals surface area contributed by atoms with Gasteiger partial charge in [0.25, 0.3) is 0 Å². The topological polar surface area (TPSA) is 53.0 Å². The van der Waals surface area contributed by atoms with Gasteiger partial charge in [-0.15, -0.1) is 0 Å². The van der Waals surface area contributed by atoms with Crippen molar-refractivity contribution in [2.45, 2.75) is 44.8 Å². The predicted octanol–water partition coefficient (Wildman–Crippen LogP) is 1.82. The summed E-state index contributed by atoms with van der Waals surface area (Å²) in [5.41, 5.74) is 1.15. The van der Waals surface area contributed by atoms with Crippen molar-refractivity contribution in [3.8, 4) is 5.75 Å². The van der Waals surface area contributed by atoms with Crippen molar-refractivity contribution in [3.05, 3.63) is 29.8 Å². The summed E-state index contributed by atoms with van der Waals surface area (Å²) < 4.78 is 5.69. The molecule has 2 saturated heterocycles. The second kappa shape index (κ2) is 7.99. The third kappa shape index (κ3) is 4.48. The summed E-state index contributed by atoms with van der Waals surface area (Å²) in [7, 11) is 0. The molecule has 2 unspecified atom stereocenters. The fourth-order valence-electron chi connectivity index (χ4n) is 3.75. The maximum absolute atomic E-state index is 11.9. The Kier molecular flexibility index (Phi) is 5.74. The number of aliphatic hydroxyl groups excluding tert-OH is 1. The largest absolute Gasteiger partial charge is 0.491 e. The minimum atomic E-state index is -0.515. The number of carbonyl (C=O) groups is 1. The van der Waals surface area contributed by atoms with Gasteiger partial charge < -0.3 is 14.7 Å². The Morgan fingerprint density at radius 1 is 1.33 bits per heavy atom. The van der Waals surface area contributed by atoms with Gasteiger partial charge in [0.1, 0.15) is 18.5 Å². The number of hydrogen-bond acceptors (Lipinski definition) is 4. The van der Waals surface area contributed by atoms with Gasteiger partial charge in [-0.05, 0) is 50.4 Å². The molecule has 1 aromatic rings. The summed E-state index contributed by atoms with van der Waals surface area (Å²) in [6, 6.07) is 8.19. The molecule has 5 heteroatoms. The van der Waals surface area contributed by atoms with Crippen LogP contribution in [-0.4, -0.2) is 65.7 Å². The van der Waals surface area contributed by atoms with Gasteiger partial charge in [0.05, 0.1) is 0 Å². The Balaban J connectivity index is 1.45. The highest BCUT2D eigenvalue weighted by atomic mass is 16.5. The van der Waals surface area contributed by atoms with E-state index in [0.717, 1.165) is 50.2 Å². The highest BCUT2D eigenvalue weighted by Gasteiger charge is 2.31. The van der Waals surface area contributed by atoms with Crippen molar-refractivity contribution in [2.24, 2.45) is 0 Å². The van der Waals surface area contributed by atoms with Crippen LogP contribution < -0.4 is 4.74 Å². The molecule has 0 aliphatic carbocycles. The maximum Gasteiger partial charge on any atom is 0.222 e. The van der Waals surface area contributed by atoms with Crippen molar-refractivity contribution in [2.75, 3.05) is 32.8 Å². The summed E-state index contributed by atoms with van der Waals surface area (Å²) in [4.78, 5) is 16.2. The van der Waals surface area contributed by atoms with Gasteiger partial charge in [-0.1, -0.05) is 12.1 Å². The molecule has 0 saturated carbocycles. The zero-order valence-corrected chi connectivity index (χ0v) is 14.5. The van der Waals surface area contributed by atoms with E-state index in [1.54, 1.807) is 0 Å². The molecule has 2 heterocycles. The molecule has 1 N–H and O–H groups in total. The van der Waals surface area contributed by atoms with Crippen LogP contribution in [0, 0.1) is 6.92 Å². The molecule has 1 amide bonds. The number of likely N-dealkylation sites (tertiary alicyclic amines) is 2. The molecule has 132 valence electrons. The quantitative estimate of drug-likeness (QED) is 0.863. The molecule has 0 radical (unpaired) electrons. The van der Waals surface area contributed by atoms with Crippen LogP contribution in [0.5, 0.6) is 5.75 Å². The van der Waals surface area contributed by atoms with Gasteiger partial charge in [0.15, 0.2) is 0 Å². The number of benzene rings is 1. The molecule has 2 atom stereocenters. The SMILES string of the molecule is Cc1cccc(OCC(O)CN2CCCC(N3CCCC3=O)C2)c1. The lowest BCUT2D eigenvalue weighted by Gasteiger charge is -2.38. The number of aryl methyl sites for hydroxylation is 1. The van der Waals surface area contributed by atoms with Crippen LogP contribution in [0.4, 0.5) is 0 Å². The first-order valence-corrected chi connectivity index (χ1v) is 9.01. The first kappa shape index (κ1) is 17.2. The van der Waals surface area contributed by atoms with Crippen LogP contribution >= 0.6 is 0 Å². The van der Waals surface area contributed by atoms with E-state index in [4.69, 9.17) is 4.74 Å². The number of amides is 1. The number of rotatable bonds is 6. The van der Waals surface area contributed by atoms with E-state index in [-0.39, 0.29) is 0 Å². The number of aliphatic hydroxyl groups is 1. The van der Waals surface area contributed by atoms with Gasteiger partial charge in [0, 0.05) is 32.1 Å². The molecule has 2 aliphatic rings. The normalized spacial score (nSPS) is 23.5. The Bertz CT molecular complexity index is 563. The highest BCUT2D eigenvalue weighted by Crippen LogP contribution is 2.21. The molecule has 5 nitrogen and oxygen atoms in total. The monoisotopic (exact) mass is 332 g/mol. The fourth-order valence-corrected chi connectivity index (χ4v) is 3.75. The third-order valence-corrected chi connectivity index (χ3v) is 4.93. The number of β-amino-alcohol motifs (C(OH)–C–C–N with tert-alkyl or cyclic N) is 1. The smallest absolute Gasteiger partial charge is 0.222 e. The maximum atomic E-state index is 11.9. The van der Waals surface area contributed by atoms with Gasteiger partial charge >= 0.3 is 0 Å². The van der Waals surface area contributed by atoms with E-state index in [1.807, 2.05) is 36.1 Å². The molecule has 0 spiro atoms. The average molecular weight is 332 g/mol. The summed E-state index contributed by atoms with van der Waals surface area (Å²) in [5, 5.41) is 10.3. The summed E-state index contributed by atoms with van der Waals surface area (Å²) in [6.45, 7) is 5.68. The highest BCUT2D eigenvalue weighted by molar-refractivity contribution is 5.78. The van der Waals surface area contributed by atoms with Crippen molar-refractivity contribution in [1.82, 2.24) is 9.80 Å². The number of ether oxygens (including phenoxy) is 1. The lowest BCUT2D eigenvalue weighted by Crippen LogP contribution is -2.50. The third-order valence-electron chi connectivity index (χ3n) is 4.93. The van der Waals surface area contributed by atoms with Crippen LogP contribution in [0.2, 0.25) is 0 Å². The van der Waals surface area contributed by atoms with E-state index in [1.165, 1.54) is 0 Å². The van der Waals surface area contributed by atoms with E-state index in [9.17, 15) is 9.90 Å². The second-order valence-corrected chi connectivity index (χ2v) is 7.03. The Labute approximate surface area is 144 Å². The summed E-state index contributed by atoms with van der Waals surface area (Å²) in [6.07, 6.45) is 3.34. The first-order chi connectivity index (χ1) is 11.6. The van der Waals surface area contributed by atoms with Crippen molar-refractivity contribution < 1.29 is 14.6 Å². The Hall–Kier alpha value is -1.59. The van der Waals surface area contributed by atoms with Gasteiger partial charge in [-0.2, -0.15) is 0 Å². The van der Waals surface area contributed by atoms with E-state index in [0.29, 0.717) is 31.5 Å². The van der Waals surface area contributed by atoms with Crippen molar-refractivity contribution in [1.29, 1.82) is 0 Å². The number of nitrogens with zero attached hydrogens (tertiary/aromatic N) is 2. The van der Waals surface area contributed by atoms with Crippen molar-refractivity contribution in [3.63, 3.8) is 0 Å². The molecule has 0 aromatic heterocycles. The predicted molar refractivity (Wildman–Crippen MR) is 93.1 cm³/mol. The molecule has 2 fully saturated rings. The summed E-state index contributed by atoms with van der Waals surface area (Å²) in [5.74, 6) is 1.10. The number of carbonyl (C=O) groups excluding carboxylic acids is 1. The minimum absolute atomic E-state index is 0.296. The first-order valence-electron chi connectivity index (χ1n) is 9.01. The zero-order chi connectivity index (χ0) is 16.9. The molecule has 0 bridgehead atoms. The van der Waals surface area contributed by atoms with Crippen LogP contribution in [0.3, 0.4) is 0 Å². The van der Waals surface area contributed by atoms with E-state index >= 15 is 0 Å². The molecule has 24 heavy (non-hydrogen) atoms. The van der Waals surface area contributed by atoms with Crippen LogP contribution in [0.1, 0.15) is 31.2 Å². The van der Waals surface area contributed by atoms with Crippen molar-refractivity contribution >= 4 is 5.91 Å². The molecule has 2 aliphatic heterocycles. The summed E-state index contributed by atoms with van der Waals surface area (Å²) >= 11 is 0. The van der Waals surface area contributed by atoms with Gasteiger partial charge in [-0.3, -0.25) is 9.69 Å². The van der Waals surface area contributed by atoms with Gasteiger partial charge in [0.2, 0.25) is 5.91 Å². The Morgan fingerprint density at radius 3 is 2.96 bits per heavy atom. The average Bonchev–Trinajstić information content (AvgIpc) is 2.99. The van der Waals surface area contributed by atoms with Crippen LogP contribution in [0.25, 0.3) is 0 Å². The molecular weight excluding hydrogens is 304 g/mol. The lowest BCUT2D eigenvalue weighted by molar-refractivity contribution is -0.130. The lowest BCUT2D eigenvalue weighted by atomic mass is 10.0. The number of hydrogen-bond donors (Lipinski definition) is 1. The van der Waals surface area contributed by atoms with Crippen LogP contribution in [0.15, 0.2) is 24.3 Å². The standard InChI is InChI=1S/C19H28N2O3/c1-15-5-2-7-18(11-15)24-14-17(22)13-20-9-3-6-16(12-20)21-10-4-8-19(21)23/h2,5,7,11,16-17,22H,3-4,6,8-10,12-14H2,1H3. The minimum Gasteiger partial charge on any atom is -0.491 e. The Morgan fingerprint density at radius 2 is 2.21 bits per heavy atom. The molecule has 3 rings (SSSR count). The fraction of sp³-hybridized carbons (Fsp3) is 0.632. The second-order valence-electron chi connectivity index (χ2n) is 7.03. The zero-order valence-electron chi connectivity index (χ0n) is 14.5. The van der Waals surface area contributed by atoms with Crippen LogP contribution in [-0.2, 0) is 4.79 Å². The molecule has 1 aromatic carbocycles. The molecular formula is C19H28N2O3.